The van der Waals surface area contributed by atoms with Crippen LogP contribution in [0.1, 0.15) is 24.1 Å². The molecule has 3 atom stereocenters. The topological polar surface area (TPSA) is 50.9 Å². The first-order chi connectivity index (χ1) is 6.83. The maximum Gasteiger partial charge on any atom is 0.180 e. The maximum absolute atomic E-state index is 5.58. The van der Waals surface area contributed by atoms with E-state index in [0.29, 0.717) is 5.13 Å². The molecule has 3 unspecified atom stereocenters. The second kappa shape index (κ2) is 3.21. The first-order valence-electron chi connectivity index (χ1n) is 5.26. The van der Waals surface area contributed by atoms with Crippen molar-refractivity contribution in [2.45, 2.75) is 31.8 Å². The van der Waals surface area contributed by atoms with E-state index in [1.807, 2.05) is 6.20 Å². The molecule has 3 N–H and O–H groups in total. The molecule has 0 bridgehead atoms. The number of hydrogen-bond donors (Lipinski definition) is 2. The molecule has 0 aliphatic heterocycles. The van der Waals surface area contributed by atoms with E-state index >= 15 is 0 Å². The standard InChI is InChI=1S/C10H15N3S/c11-10-13-5-7(14-10)4-12-9-2-1-6-3-8(6)9/h5-6,8-9,12H,1-4H2,(H2,11,13). The van der Waals surface area contributed by atoms with Gasteiger partial charge >= 0.3 is 0 Å². The molecular formula is C10H15N3S. The van der Waals surface area contributed by atoms with Gasteiger partial charge in [-0.15, -0.1) is 11.3 Å². The third-order valence-electron chi connectivity index (χ3n) is 3.45. The Balaban J connectivity index is 1.54. The molecule has 0 amide bonds. The summed E-state index contributed by atoms with van der Waals surface area (Å²) in [6.45, 7) is 0.947. The minimum atomic E-state index is 0.678. The molecule has 0 saturated heterocycles. The van der Waals surface area contributed by atoms with Crippen molar-refractivity contribution in [2.24, 2.45) is 11.8 Å². The van der Waals surface area contributed by atoms with Crippen molar-refractivity contribution in [2.75, 3.05) is 5.73 Å². The fourth-order valence-electron chi connectivity index (χ4n) is 2.59. The highest BCUT2D eigenvalue weighted by Gasteiger charge is 2.47. The summed E-state index contributed by atoms with van der Waals surface area (Å²) in [6, 6.07) is 0.767. The van der Waals surface area contributed by atoms with Crippen LogP contribution < -0.4 is 11.1 Å². The van der Waals surface area contributed by atoms with Crippen molar-refractivity contribution in [3.63, 3.8) is 0 Å². The number of anilines is 1. The summed E-state index contributed by atoms with van der Waals surface area (Å²) in [5.74, 6) is 2.04. The largest absolute Gasteiger partial charge is 0.375 e. The van der Waals surface area contributed by atoms with Crippen LogP contribution in [0.25, 0.3) is 0 Å². The van der Waals surface area contributed by atoms with Gasteiger partial charge in [0, 0.05) is 23.7 Å². The second-order valence-corrected chi connectivity index (χ2v) is 5.54. The highest BCUT2D eigenvalue weighted by Crippen LogP contribution is 2.51. The van der Waals surface area contributed by atoms with E-state index in [9.17, 15) is 0 Å². The molecule has 76 valence electrons. The van der Waals surface area contributed by atoms with Crippen molar-refractivity contribution >= 4 is 16.5 Å². The molecule has 0 aromatic carbocycles. The highest BCUT2D eigenvalue weighted by molar-refractivity contribution is 7.15. The molecule has 14 heavy (non-hydrogen) atoms. The van der Waals surface area contributed by atoms with Crippen LogP contribution in [0.3, 0.4) is 0 Å². The number of aromatic nitrogens is 1. The molecule has 0 spiro atoms. The molecule has 4 heteroatoms. The molecule has 2 saturated carbocycles. The number of hydrogen-bond acceptors (Lipinski definition) is 4. The predicted molar refractivity (Wildman–Crippen MR) is 58.0 cm³/mol. The zero-order valence-electron chi connectivity index (χ0n) is 8.07. The average Bonchev–Trinajstić information content (AvgIpc) is 2.66. The van der Waals surface area contributed by atoms with Gasteiger partial charge in [-0.1, -0.05) is 0 Å². The van der Waals surface area contributed by atoms with Crippen LogP contribution in [0.4, 0.5) is 5.13 Å². The summed E-state index contributed by atoms with van der Waals surface area (Å²) in [5.41, 5.74) is 5.58. The van der Waals surface area contributed by atoms with Gasteiger partial charge in [-0.3, -0.25) is 0 Å². The van der Waals surface area contributed by atoms with Crippen molar-refractivity contribution in [1.82, 2.24) is 10.3 Å². The summed E-state index contributed by atoms with van der Waals surface area (Å²) in [7, 11) is 0. The van der Waals surface area contributed by atoms with Crippen molar-refractivity contribution in [1.29, 1.82) is 0 Å². The lowest BCUT2D eigenvalue weighted by Crippen LogP contribution is -2.28. The summed E-state index contributed by atoms with van der Waals surface area (Å²) in [5, 5.41) is 4.30. The zero-order valence-corrected chi connectivity index (χ0v) is 8.89. The van der Waals surface area contributed by atoms with Gasteiger partial charge < -0.3 is 11.1 Å². The molecule has 1 heterocycles. The average molecular weight is 209 g/mol. The summed E-state index contributed by atoms with van der Waals surface area (Å²) < 4.78 is 0. The van der Waals surface area contributed by atoms with E-state index in [-0.39, 0.29) is 0 Å². The van der Waals surface area contributed by atoms with Gasteiger partial charge in [-0.25, -0.2) is 4.98 Å². The van der Waals surface area contributed by atoms with E-state index in [2.05, 4.69) is 10.3 Å². The molecular weight excluding hydrogens is 194 g/mol. The lowest BCUT2D eigenvalue weighted by atomic mass is 10.2. The quantitative estimate of drug-likeness (QED) is 0.795. The maximum atomic E-state index is 5.58. The Hall–Kier alpha value is -0.610. The predicted octanol–water partition coefficient (Wildman–Crippen LogP) is 1.61. The van der Waals surface area contributed by atoms with Crippen molar-refractivity contribution in [3.8, 4) is 0 Å². The third kappa shape index (κ3) is 1.53. The minimum absolute atomic E-state index is 0.678. The molecule has 2 aliphatic rings. The molecule has 3 nitrogen and oxygen atoms in total. The van der Waals surface area contributed by atoms with Gasteiger partial charge in [0.05, 0.1) is 0 Å². The molecule has 2 aliphatic carbocycles. The van der Waals surface area contributed by atoms with Crippen LogP contribution in [0, 0.1) is 11.8 Å². The van der Waals surface area contributed by atoms with E-state index < -0.39 is 0 Å². The van der Waals surface area contributed by atoms with Gasteiger partial charge in [0.2, 0.25) is 0 Å². The lowest BCUT2D eigenvalue weighted by Gasteiger charge is -2.12. The number of rotatable bonds is 3. The molecule has 1 aromatic rings. The Morgan fingerprint density at radius 1 is 1.57 bits per heavy atom. The molecule has 0 radical (unpaired) electrons. The van der Waals surface area contributed by atoms with Crippen molar-refractivity contribution < 1.29 is 0 Å². The first kappa shape index (κ1) is 8.68. The van der Waals surface area contributed by atoms with Crippen LogP contribution in [0.15, 0.2) is 6.20 Å². The summed E-state index contributed by atoms with van der Waals surface area (Å²) >= 11 is 1.59. The Morgan fingerprint density at radius 2 is 2.50 bits per heavy atom. The fraction of sp³-hybridized carbons (Fsp3) is 0.700. The smallest absolute Gasteiger partial charge is 0.180 e. The summed E-state index contributed by atoms with van der Waals surface area (Å²) in [6.07, 6.45) is 6.14. The SMILES string of the molecule is Nc1ncc(CNC2CCC3CC32)s1. The zero-order chi connectivity index (χ0) is 9.54. The van der Waals surface area contributed by atoms with Crippen LogP contribution in [-0.4, -0.2) is 11.0 Å². The monoisotopic (exact) mass is 209 g/mol. The summed E-state index contributed by atoms with van der Waals surface area (Å²) in [4.78, 5) is 5.30. The molecule has 3 rings (SSSR count). The van der Waals surface area contributed by atoms with Crippen LogP contribution in [0.2, 0.25) is 0 Å². The molecule has 1 aromatic heterocycles. The van der Waals surface area contributed by atoms with E-state index in [0.717, 1.165) is 24.4 Å². The number of nitrogens with one attached hydrogen (secondary N) is 1. The highest BCUT2D eigenvalue weighted by atomic mass is 32.1. The van der Waals surface area contributed by atoms with Gasteiger partial charge in [0.15, 0.2) is 5.13 Å². The number of nitrogens with two attached hydrogens (primary N) is 1. The van der Waals surface area contributed by atoms with Crippen LogP contribution in [-0.2, 0) is 6.54 Å². The third-order valence-corrected chi connectivity index (χ3v) is 4.28. The van der Waals surface area contributed by atoms with E-state index in [1.165, 1.54) is 24.1 Å². The lowest BCUT2D eigenvalue weighted by molar-refractivity contribution is 0.476. The van der Waals surface area contributed by atoms with E-state index in [1.54, 1.807) is 11.3 Å². The van der Waals surface area contributed by atoms with Crippen molar-refractivity contribution in [3.05, 3.63) is 11.1 Å². The number of nitrogen functional groups attached to an aromatic ring is 1. The number of nitrogens with zero attached hydrogens (tertiary/aromatic N) is 1. The van der Waals surface area contributed by atoms with E-state index in [4.69, 9.17) is 5.73 Å². The Morgan fingerprint density at radius 3 is 3.07 bits per heavy atom. The Labute approximate surface area is 87.7 Å². The van der Waals surface area contributed by atoms with Crippen LogP contribution in [0.5, 0.6) is 0 Å². The number of thiazole rings is 1. The molecule has 2 fully saturated rings. The van der Waals surface area contributed by atoms with Gasteiger partial charge in [0.1, 0.15) is 0 Å². The van der Waals surface area contributed by atoms with Gasteiger partial charge in [-0.05, 0) is 31.1 Å². The normalized spacial score (nSPS) is 34.4. The van der Waals surface area contributed by atoms with Crippen LogP contribution >= 0.6 is 11.3 Å². The first-order valence-corrected chi connectivity index (χ1v) is 6.08. The minimum Gasteiger partial charge on any atom is -0.375 e. The Bertz CT molecular complexity index is 336. The second-order valence-electron chi connectivity index (χ2n) is 4.39. The Kier molecular flexibility index (Phi) is 1.99. The fourth-order valence-corrected chi connectivity index (χ4v) is 3.23. The number of fused-ring (bicyclic) bond motifs is 1. The van der Waals surface area contributed by atoms with Gasteiger partial charge in [-0.2, -0.15) is 0 Å². The van der Waals surface area contributed by atoms with Gasteiger partial charge in [0.25, 0.3) is 0 Å².